The van der Waals surface area contributed by atoms with Gasteiger partial charge in [0.15, 0.2) is 0 Å². The van der Waals surface area contributed by atoms with E-state index in [1.165, 1.54) is 6.07 Å². The first-order valence-corrected chi connectivity index (χ1v) is 4.11. The third-order valence-corrected chi connectivity index (χ3v) is 2.08. The maximum atomic E-state index is 10.6. The third-order valence-electron chi connectivity index (χ3n) is 2.08. The van der Waals surface area contributed by atoms with Crippen LogP contribution in [0, 0.1) is 10.1 Å². The molecule has 0 spiro atoms. The van der Waals surface area contributed by atoms with Gasteiger partial charge in [0.1, 0.15) is 0 Å². The van der Waals surface area contributed by atoms with Crippen molar-refractivity contribution in [1.29, 1.82) is 0 Å². The van der Waals surface area contributed by atoms with Crippen molar-refractivity contribution in [3.8, 4) is 11.1 Å². The van der Waals surface area contributed by atoms with Crippen molar-refractivity contribution in [2.45, 2.75) is 0 Å². The molecule has 0 saturated heterocycles. The average Bonchev–Trinajstić information content (AvgIpc) is 2.41. The van der Waals surface area contributed by atoms with Crippen LogP contribution in [0.25, 0.3) is 11.1 Å². The Balaban J connectivity index is 2.68. The monoisotopic (exact) mass is 188 g/mol. The molecule has 0 aromatic carbocycles. The summed E-state index contributed by atoms with van der Waals surface area (Å²) in [7, 11) is 0. The fourth-order valence-electron chi connectivity index (χ4n) is 1.45. The van der Waals surface area contributed by atoms with E-state index in [9.17, 15) is 10.1 Å². The van der Waals surface area contributed by atoms with E-state index in [2.05, 4.69) is 0 Å². The van der Waals surface area contributed by atoms with Crippen LogP contribution in [0.5, 0.6) is 0 Å². The molecule has 4 heteroatoms. The van der Waals surface area contributed by atoms with Crippen molar-refractivity contribution >= 4 is 11.4 Å². The Morgan fingerprint density at radius 1 is 1.21 bits per heavy atom. The first-order valence-electron chi connectivity index (χ1n) is 4.11. The summed E-state index contributed by atoms with van der Waals surface area (Å²) >= 11 is 0. The Labute approximate surface area is 80.5 Å². The molecule has 0 radical (unpaired) electrons. The van der Waals surface area contributed by atoms with Crippen LogP contribution in [-0.2, 0) is 0 Å². The number of nitrogens with two attached hydrogens (primary N) is 1. The molecular formula is C10H8N2O2. The van der Waals surface area contributed by atoms with Gasteiger partial charge in [-0.05, 0) is 29.8 Å². The molecule has 0 atom stereocenters. The summed E-state index contributed by atoms with van der Waals surface area (Å²) in [5.41, 5.74) is 7.75. The molecule has 0 saturated carbocycles. The van der Waals surface area contributed by atoms with Crippen molar-refractivity contribution in [3.05, 3.63) is 46.5 Å². The Bertz CT molecular complexity index is 468. The number of fused-ring (bicyclic) bond motifs is 1. The van der Waals surface area contributed by atoms with Crippen molar-refractivity contribution in [3.63, 3.8) is 0 Å². The molecule has 0 unspecified atom stereocenters. The van der Waals surface area contributed by atoms with Crippen LogP contribution in [0.15, 0.2) is 36.4 Å². The quantitative estimate of drug-likeness (QED) is 0.551. The number of hydrogen-bond acceptors (Lipinski definition) is 3. The second kappa shape index (κ2) is 2.99. The van der Waals surface area contributed by atoms with Gasteiger partial charge >= 0.3 is 0 Å². The molecule has 14 heavy (non-hydrogen) atoms. The summed E-state index contributed by atoms with van der Waals surface area (Å²) in [6.07, 6.45) is 0. The lowest BCUT2D eigenvalue weighted by Gasteiger charge is -1.91. The Hall–Kier alpha value is -2.10. The van der Waals surface area contributed by atoms with E-state index >= 15 is 0 Å². The standard InChI is InChI=1S/C10H8N2O2/c11-8-2-1-3-9-7(6-8)4-5-10(9)12(13)14/h1-6H,11H2. The topological polar surface area (TPSA) is 69.2 Å². The molecule has 0 aliphatic heterocycles. The van der Waals surface area contributed by atoms with E-state index < -0.39 is 4.92 Å². The van der Waals surface area contributed by atoms with E-state index in [1.807, 2.05) is 0 Å². The highest BCUT2D eigenvalue weighted by Gasteiger charge is 2.16. The molecule has 2 rings (SSSR count). The van der Waals surface area contributed by atoms with Gasteiger partial charge in [0.05, 0.1) is 10.5 Å². The number of nitrogens with zero attached hydrogens (tertiary/aromatic N) is 1. The van der Waals surface area contributed by atoms with Crippen molar-refractivity contribution in [2.75, 3.05) is 5.73 Å². The van der Waals surface area contributed by atoms with Crippen LogP contribution in [0.4, 0.5) is 11.4 Å². The number of nitrogen functional groups attached to an aromatic ring is 1. The highest BCUT2D eigenvalue weighted by Crippen LogP contribution is 2.33. The largest absolute Gasteiger partial charge is 0.399 e. The van der Waals surface area contributed by atoms with Gasteiger partial charge in [-0.25, -0.2) is 0 Å². The maximum Gasteiger partial charge on any atom is 0.277 e. The second-order valence-electron chi connectivity index (χ2n) is 3.01. The Kier molecular flexibility index (Phi) is 1.81. The third kappa shape index (κ3) is 1.26. The predicted molar refractivity (Wildman–Crippen MR) is 54.1 cm³/mol. The van der Waals surface area contributed by atoms with Gasteiger partial charge in [0.25, 0.3) is 5.69 Å². The van der Waals surface area contributed by atoms with Gasteiger partial charge in [0.2, 0.25) is 0 Å². The zero-order chi connectivity index (χ0) is 10.1. The number of rotatable bonds is 1. The van der Waals surface area contributed by atoms with Gasteiger partial charge < -0.3 is 5.73 Å². The van der Waals surface area contributed by atoms with E-state index in [0.29, 0.717) is 11.3 Å². The average molecular weight is 188 g/mol. The van der Waals surface area contributed by atoms with Crippen LogP contribution in [0.1, 0.15) is 0 Å². The minimum atomic E-state index is -0.390. The first-order chi connectivity index (χ1) is 6.68. The molecule has 4 nitrogen and oxygen atoms in total. The molecule has 2 aliphatic rings. The van der Waals surface area contributed by atoms with Crippen LogP contribution >= 0.6 is 0 Å². The van der Waals surface area contributed by atoms with E-state index in [0.717, 1.165) is 5.56 Å². The van der Waals surface area contributed by atoms with Crippen molar-refractivity contribution in [2.24, 2.45) is 0 Å². The fourth-order valence-corrected chi connectivity index (χ4v) is 1.45. The lowest BCUT2D eigenvalue weighted by atomic mass is 10.2. The molecule has 2 aliphatic carbocycles. The number of nitro groups is 1. The summed E-state index contributed by atoms with van der Waals surface area (Å²) in [6, 6.07) is 10.0. The Morgan fingerprint density at radius 3 is 2.71 bits per heavy atom. The summed E-state index contributed by atoms with van der Waals surface area (Å²) in [5, 5.41) is 10.6. The van der Waals surface area contributed by atoms with Gasteiger partial charge in [-0.2, -0.15) is 0 Å². The summed E-state index contributed by atoms with van der Waals surface area (Å²) in [5.74, 6) is 0. The summed E-state index contributed by atoms with van der Waals surface area (Å²) in [4.78, 5) is 10.2. The van der Waals surface area contributed by atoms with E-state index in [1.54, 1.807) is 30.3 Å². The zero-order valence-electron chi connectivity index (χ0n) is 7.31. The molecular weight excluding hydrogens is 180 g/mol. The summed E-state index contributed by atoms with van der Waals surface area (Å²) in [6.45, 7) is 0. The highest BCUT2D eigenvalue weighted by atomic mass is 16.6. The molecule has 0 bridgehead atoms. The molecule has 0 heterocycles. The number of anilines is 1. The lowest BCUT2D eigenvalue weighted by molar-refractivity contribution is -0.383. The van der Waals surface area contributed by atoms with Crippen molar-refractivity contribution < 1.29 is 4.92 Å². The van der Waals surface area contributed by atoms with E-state index in [-0.39, 0.29) is 5.69 Å². The lowest BCUT2D eigenvalue weighted by Crippen LogP contribution is -1.85. The number of hydrogen-bond donors (Lipinski definition) is 1. The van der Waals surface area contributed by atoms with E-state index in [4.69, 9.17) is 5.73 Å². The molecule has 2 N–H and O–H groups in total. The molecule has 70 valence electrons. The van der Waals surface area contributed by atoms with Gasteiger partial charge in [-0.15, -0.1) is 0 Å². The first kappa shape index (κ1) is 8.50. The Morgan fingerprint density at radius 2 is 2.00 bits per heavy atom. The predicted octanol–water partition coefficient (Wildman–Crippen LogP) is 2.28. The van der Waals surface area contributed by atoms with Crippen LogP contribution in [0.2, 0.25) is 0 Å². The zero-order valence-corrected chi connectivity index (χ0v) is 7.31. The minimum Gasteiger partial charge on any atom is -0.399 e. The van der Waals surface area contributed by atoms with Crippen LogP contribution < -0.4 is 5.73 Å². The van der Waals surface area contributed by atoms with Gasteiger partial charge in [-0.3, -0.25) is 10.1 Å². The highest BCUT2D eigenvalue weighted by molar-refractivity contribution is 5.78. The van der Waals surface area contributed by atoms with Crippen LogP contribution in [0.3, 0.4) is 0 Å². The fraction of sp³-hybridized carbons (Fsp3) is 0. The van der Waals surface area contributed by atoms with Crippen molar-refractivity contribution in [1.82, 2.24) is 0 Å². The second-order valence-corrected chi connectivity index (χ2v) is 3.01. The molecule has 0 aromatic heterocycles. The molecule has 0 amide bonds. The van der Waals surface area contributed by atoms with Crippen LogP contribution in [-0.4, -0.2) is 4.92 Å². The molecule has 0 fully saturated rings. The molecule has 0 aromatic rings. The smallest absolute Gasteiger partial charge is 0.277 e. The minimum absolute atomic E-state index is 0.121. The maximum absolute atomic E-state index is 10.6. The van der Waals surface area contributed by atoms with Gasteiger partial charge in [0, 0.05) is 11.8 Å². The van der Waals surface area contributed by atoms with Gasteiger partial charge in [-0.1, -0.05) is 6.07 Å². The summed E-state index contributed by atoms with van der Waals surface area (Å²) < 4.78 is 0. The SMILES string of the molecule is Nc1cccc2c([N+](=O)[O-])ccc-2c1. The normalized spacial score (nSPS) is 10.3.